The maximum absolute atomic E-state index is 5.91. The Labute approximate surface area is 411 Å². The molecule has 0 aliphatic carbocycles. The standard InChI is InChI=1S/3C14H12N4.C14H9N3/c1-18-9-16-8-12(18)3-5-14-13-4-2-11(15)6-10(13)7-17-14;1-18-9-16-8-12(18)4-5-14-13-6-11(15)3-2-10(13)7-17-14;1-18-9-16-7-10(18)5-6-14-11-3-2-4-13(15)12(11)8-17-14;1-2-8-15-11(4-1)6-7-13-12-5-3-9-16-14(12)10-17-13/h2,4,6,8-9H,7,15H2,1H3;2-3,6,8-9H,7,15H2,1H3;2-4,7,9H,8,15H2,1H3;1-5,8-9H,10H2. The number of benzene rings is 3. The van der Waals surface area contributed by atoms with E-state index in [2.05, 4.69) is 92.3 Å². The molecule has 15 heteroatoms. The molecule has 0 fully saturated rings. The third kappa shape index (κ3) is 11.0. The van der Waals surface area contributed by atoms with Crippen molar-refractivity contribution in [2.24, 2.45) is 41.1 Å². The predicted octanol–water partition coefficient (Wildman–Crippen LogP) is 5.90. The molecule has 0 spiro atoms. The van der Waals surface area contributed by atoms with Crippen molar-refractivity contribution >= 4 is 39.9 Å². The Hall–Kier alpha value is -10.1. The van der Waals surface area contributed by atoms with Crippen molar-refractivity contribution in [3.05, 3.63) is 202 Å². The van der Waals surface area contributed by atoms with Crippen LogP contribution in [0.3, 0.4) is 0 Å². The Bertz CT molecular complexity index is 3650. The first-order valence-electron chi connectivity index (χ1n) is 22.3. The average molecular weight is 928 g/mol. The average Bonchev–Trinajstić information content (AvgIpc) is 4.27. The first-order valence-corrected chi connectivity index (χ1v) is 22.3. The fourth-order valence-electron chi connectivity index (χ4n) is 7.48. The van der Waals surface area contributed by atoms with Crippen LogP contribution in [-0.2, 0) is 47.3 Å². The van der Waals surface area contributed by atoms with Crippen molar-refractivity contribution in [1.29, 1.82) is 0 Å². The molecule has 8 aromatic rings. The highest BCUT2D eigenvalue weighted by atomic mass is 15.0. The molecule has 344 valence electrons. The topological polar surface area (TPSA) is 207 Å². The zero-order valence-electron chi connectivity index (χ0n) is 39.1. The number of imidazole rings is 3. The number of aromatic nitrogens is 8. The minimum atomic E-state index is 0.622. The molecule has 0 saturated heterocycles. The van der Waals surface area contributed by atoms with E-state index in [-0.39, 0.29) is 0 Å². The quantitative estimate of drug-likeness (QED) is 0.123. The number of nitrogens with two attached hydrogens (primary N) is 3. The minimum Gasteiger partial charge on any atom is -0.399 e. The maximum Gasteiger partial charge on any atom is 0.117 e. The van der Waals surface area contributed by atoms with E-state index >= 15 is 0 Å². The van der Waals surface area contributed by atoms with Crippen molar-refractivity contribution in [2.75, 3.05) is 17.2 Å². The molecular formula is C56H45N15. The first kappa shape index (κ1) is 46.0. The normalized spacial score (nSPS) is 12.5. The van der Waals surface area contributed by atoms with Gasteiger partial charge in [-0.05, 0) is 119 Å². The van der Waals surface area contributed by atoms with E-state index in [0.717, 1.165) is 102 Å². The smallest absolute Gasteiger partial charge is 0.117 e. The number of aryl methyl sites for hydroxylation is 3. The van der Waals surface area contributed by atoms with Crippen LogP contribution in [0.5, 0.6) is 0 Å². The molecule has 15 nitrogen and oxygen atoms in total. The van der Waals surface area contributed by atoms with Crippen LogP contribution in [0, 0.1) is 47.4 Å². The molecule has 5 aromatic heterocycles. The fourth-order valence-corrected chi connectivity index (χ4v) is 7.48. The van der Waals surface area contributed by atoms with Gasteiger partial charge in [0.05, 0.1) is 69.4 Å². The van der Waals surface area contributed by atoms with Crippen molar-refractivity contribution in [3.63, 3.8) is 0 Å². The summed E-state index contributed by atoms with van der Waals surface area (Å²) in [6.45, 7) is 2.60. The first-order chi connectivity index (χ1) is 34.7. The van der Waals surface area contributed by atoms with E-state index in [0.29, 0.717) is 26.2 Å². The van der Waals surface area contributed by atoms with Gasteiger partial charge in [0.2, 0.25) is 0 Å². The summed E-state index contributed by atoms with van der Waals surface area (Å²) in [5.74, 6) is 24.6. The number of anilines is 3. The zero-order chi connectivity index (χ0) is 49.1. The van der Waals surface area contributed by atoms with E-state index in [1.807, 2.05) is 120 Å². The highest BCUT2D eigenvalue weighted by Gasteiger charge is 2.18. The van der Waals surface area contributed by atoms with Crippen LogP contribution in [0.1, 0.15) is 67.4 Å². The predicted molar refractivity (Wildman–Crippen MR) is 279 cm³/mol. The Balaban J connectivity index is 0.000000117. The summed E-state index contributed by atoms with van der Waals surface area (Å²) in [5, 5.41) is 0. The summed E-state index contributed by atoms with van der Waals surface area (Å²) in [7, 11) is 5.75. The lowest BCUT2D eigenvalue weighted by Crippen LogP contribution is -1.98. The van der Waals surface area contributed by atoms with Crippen LogP contribution in [0.15, 0.2) is 155 Å². The number of rotatable bonds is 0. The lowest BCUT2D eigenvalue weighted by Gasteiger charge is -2.01. The van der Waals surface area contributed by atoms with Crippen LogP contribution >= 0.6 is 0 Å². The van der Waals surface area contributed by atoms with Crippen LogP contribution in [0.2, 0.25) is 0 Å². The van der Waals surface area contributed by atoms with Crippen molar-refractivity contribution in [1.82, 2.24) is 38.6 Å². The number of pyridine rings is 2. The molecule has 9 heterocycles. The zero-order valence-corrected chi connectivity index (χ0v) is 39.1. The second-order valence-electron chi connectivity index (χ2n) is 16.2. The molecule has 0 atom stereocenters. The molecule has 12 rings (SSSR count). The van der Waals surface area contributed by atoms with Gasteiger partial charge in [-0.2, -0.15) is 0 Å². The molecule has 0 unspecified atom stereocenters. The van der Waals surface area contributed by atoms with Crippen LogP contribution in [0.25, 0.3) is 0 Å². The van der Waals surface area contributed by atoms with E-state index in [1.165, 1.54) is 5.56 Å². The monoisotopic (exact) mass is 927 g/mol. The number of nitrogens with zero attached hydrogens (tertiary/aromatic N) is 12. The van der Waals surface area contributed by atoms with E-state index in [1.54, 1.807) is 50.0 Å². The van der Waals surface area contributed by atoms with E-state index < -0.39 is 0 Å². The summed E-state index contributed by atoms with van der Waals surface area (Å²) in [4.78, 5) is 38.2. The summed E-state index contributed by atoms with van der Waals surface area (Å²) in [6, 6.07) is 27.1. The van der Waals surface area contributed by atoms with Gasteiger partial charge < -0.3 is 30.9 Å². The minimum absolute atomic E-state index is 0.622. The lowest BCUT2D eigenvalue weighted by molar-refractivity contribution is 0.899. The van der Waals surface area contributed by atoms with Gasteiger partial charge in [-0.25, -0.2) is 19.9 Å². The van der Waals surface area contributed by atoms with Crippen molar-refractivity contribution < 1.29 is 0 Å². The molecular weight excluding hydrogens is 883 g/mol. The summed E-state index contributed by atoms with van der Waals surface area (Å²) in [5.41, 5.74) is 35.0. The molecule has 0 amide bonds. The molecule has 0 radical (unpaired) electrons. The molecule has 0 saturated carbocycles. The third-order valence-corrected chi connectivity index (χ3v) is 11.3. The third-order valence-electron chi connectivity index (χ3n) is 11.3. The fraction of sp³-hybridized carbons (Fsp3) is 0.125. The van der Waals surface area contributed by atoms with Crippen molar-refractivity contribution in [2.45, 2.75) is 26.2 Å². The van der Waals surface area contributed by atoms with Crippen LogP contribution < -0.4 is 17.2 Å². The second-order valence-corrected chi connectivity index (χ2v) is 16.2. The van der Waals surface area contributed by atoms with Gasteiger partial charge >= 0.3 is 0 Å². The molecule has 4 aliphatic heterocycles. The Kier molecular flexibility index (Phi) is 13.8. The highest BCUT2D eigenvalue weighted by molar-refractivity contribution is 6.17. The van der Waals surface area contributed by atoms with Gasteiger partial charge in [0.25, 0.3) is 0 Å². The molecule has 4 aliphatic rings. The number of hydrogen-bond donors (Lipinski definition) is 3. The van der Waals surface area contributed by atoms with Gasteiger partial charge in [-0.1, -0.05) is 24.3 Å². The lowest BCUT2D eigenvalue weighted by atomic mass is 10.0. The maximum atomic E-state index is 5.91. The van der Waals surface area contributed by atoms with Gasteiger partial charge in [-0.3, -0.25) is 25.0 Å². The largest absolute Gasteiger partial charge is 0.399 e. The summed E-state index contributed by atoms with van der Waals surface area (Å²) in [6.07, 6.45) is 13.9. The van der Waals surface area contributed by atoms with Crippen LogP contribution in [-0.4, -0.2) is 61.5 Å². The number of nitrogen functional groups attached to an aromatic ring is 3. The number of fused-ring (bicyclic) bond motifs is 4. The highest BCUT2D eigenvalue weighted by Crippen LogP contribution is 2.25. The summed E-state index contributed by atoms with van der Waals surface area (Å²) >= 11 is 0. The SMILES string of the molecule is C(#Cc1ccccn1)C1=NCc2ncccc21.Cn1cncc1C#CC1=NCc2c(N)cccc21.Cn1cncc1C#CC1=NCc2cc(N)ccc21.Cn1cncc1C#CC1=NCc2ccc(N)cc21. The molecule has 6 N–H and O–H groups in total. The summed E-state index contributed by atoms with van der Waals surface area (Å²) < 4.78 is 5.64. The second kappa shape index (κ2) is 21.3. The Morgan fingerprint density at radius 3 is 1.63 bits per heavy atom. The van der Waals surface area contributed by atoms with E-state index in [4.69, 9.17) is 17.2 Å². The molecule has 0 bridgehead atoms. The Morgan fingerprint density at radius 2 is 0.986 bits per heavy atom. The van der Waals surface area contributed by atoms with Gasteiger partial charge in [0.1, 0.15) is 45.6 Å². The van der Waals surface area contributed by atoms with Gasteiger partial charge in [-0.15, -0.1) is 0 Å². The molecule has 3 aromatic carbocycles. The van der Waals surface area contributed by atoms with Crippen LogP contribution in [0.4, 0.5) is 17.1 Å². The number of aliphatic imine (C=N–C) groups is 4. The molecule has 71 heavy (non-hydrogen) atoms. The Morgan fingerprint density at radius 1 is 0.437 bits per heavy atom. The number of hydrogen-bond acceptors (Lipinski definition) is 12. The van der Waals surface area contributed by atoms with Gasteiger partial charge in [0, 0.05) is 78.4 Å². The van der Waals surface area contributed by atoms with Crippen molar-refractivity contribution in [3.8, 4) is 47.4 Å². The van der Waals surface area contributed by atoms with Gasteiger partial charge in [0.15, 0.2) is 0 Å². The van der Waals surface area contributed by atoms with E-state index in [9.17, 15) is 0 Å².